The van der Waals surface area contributed by atoms with Crippen LogP contribution in [0.25, 0.3) is 10.9 Å². The second-order valence-electron chi connectivity index (χ2n) is 6.32. The number of hydrogen-bond acceptors (Lipinski definition) is 5. The van der Waals surface area contributed by atoms with E-state index >= 15 is 0 Å². The Morgan fingerprint density at radius 3 is 3.04 bits per heavy atom. The van der Waals surface area contributed by atoms with Crippen LogP contribution in [0.15, 0.2) is 36.4 Å². The molecule has 5 nitrogen and oxygen atoms in total. The summed E-state index contributed by atoms with van der Waals surface area (Å²) < 4.78 is 10.4. The Kier molecular flexibility index (Phi) is 5.43. The fraction of sp³-hybridized carbons (Fsp3) is 0.474. The van der Waals surface area contributed by atoms with Crippen LogP contribution in [0, 0.1) is 0 Å². The zero-order valence-corrected chi connectivity index (χ0v) is 14.3. The summed E-state index contributed by atoms with van der Waals surface area (Å²) in [6.07, 6.45) is 1.11. The number of para-hydroxylation sites is 1. The Balaban J connectivity index is 1.62. The lowest BCUT2D eigenvalue weighted by molar-refractivity contribution is -0.146. The molecule has 3 rings (SSSR count). The molecule has 0 aliphatic carbocycles. The highest BCUT2D eigenvalue weighted by atomic mass is 16.5. The van der Waals surface area contributed by atoms with Crippen LogP contribution < -0.4 is 0 Å². The number of carbonyl (C=O) groups is 1. The number of ether oxygens (including phenoxy) is 2. The molecule has 0 amide bonds. The lowest BCUT2D eigenvalue weighted by Gasteiger charge is -2.36. The average molecular weight is 328 g/mol. The molecule has 1 aromatic heterocycles. The first-order valence-electron chi connectivity index (χ1n) is 8.43. The van der Waals surface area contributed by atoms with Gasteiger partial charge in [0.05, 0.1) is 31.8 Å². The first-order valence-corrected chi connectivity index (χ1v) is 8.43. The van der Waals surface area contributed by atoms with Crippen molar-refractivity contribution in [2.45, 2.75) is 31.9 Å². The summed E-state index contributed by atoms with van der Waals surface area (Å²) in [6, 6.07) is 12.8. The molecule has 1 fully saturated rings. The van der Waals surface area contributed by atoms with Gasteiger partial charge in [0.25, 0.3) is 0 Å². The van der Waals surface area contributed by atoms with Gasteiger partial charge >= 0.3 is 5.97 Å². The van der Waals surface area contributed by atoms with E-state index in [0.29, 0.717) is 19.1 Å². The van der Waals surface area contributed by atoms with E-state index in [2.05, 4.69) is 30.0 Å². The molecule has 1 saturated heterocycles. The van der Waals surface area contributed by atoms with Crippen LogP contribution >= 0.6 is 0 Å². The molecule has 24 heavy (non-hydrogen) atoms. The summed E-state index contributed by atoms with van der Waals surface area (Å²) >= 11 is 0. The minimum atomic E-state index is -0.217. The molecule has 1 aromatic carbocycles. The zero-order valence-electron chi connectivity index (χ0n) is 14.3. The highest BCUT2D eigenvalue weighted by molar-refractivity contribution is 5.78. The Labute approximate surface area is 142 Å². The third-order valence-electron chi connectivity index (χ3n) is 4.58. The summed E-state index contributed by atoms with van der Waals surface area (Å²) in [4.78, 5) is 18.6. The predicted octanol–water partition coefficient (Wildman–Crippen LogP) is 2.43. The first-order chi connectivity index (χ1) is 11.7. The van der Waals surface area contributed by atoms with Crippen molar-refractivity contribution < 1.29 is 14.3 Å². The maximum absolute atomic E-state index is 11.4. The highest BCUT2D eigenvalue weighted by Gasteiger charge is 2.26. The zero-order chi connectivity index (χ0) is 16.9. The van der Waals surface area contributed by atoms with E-state index in [0.717, 1.165) is 30.7 Å². The van der Waals surface area contributed by atoms with Gasteiger partial charge < -0.3 is 9.47 Å². The number of nitrogens with zero attached hydrogens (tertiary/aromatic N) is 2. The summed E-state index contributed by atoms with van der Waals surface area (Å²) in [6.45, 7) is 4.49. The average Bonchev–Trinajstić information content (AvgIpc) is 2.61. The van der Waals surface area contributed by atoms with E-state index in [1.54, 1.807) is 0 Å². The second kappa shape index (κ2) is 7.73. The molecule has 2 atom stereocenters. The van der Waals surface area contributed by atoms with E-state index in [4.69, 9.17) is 14.5 Å². The predicted molar refractivity (Wildman–Crippen MR) is 92.9 cm³/mol. The molecule has 0 spiro atoms. The van der Waals surface area contributed by atoms with Crippen LogP contribution in [-0.4, -0.2) is 54.8 Å². The van der Waals surface area contributed by atoms with Crippen molar-refractivity contribution in [1.82, 2.24) is 9.88 Å². The van der Waals surface area contributed by atoms with Gasteiger partial charge in [0.1, 0.15) is 0 Å². The molecular weight excluding hydrogens is 304 g/mol. The normalized spacial score (nSPS) is 20.0. The second-order valence-corrected chi connectivity index (χ2v) is 6.32. The van der Waals surface area contributed by atoms with Gasteiger partial charge in [0.15, 0.2) is 0 Å². The summed E-state index contributed by atoms with van der Waals surface area (Å²) in [5, 5.41) is 1.17. The minimum absolute atomic E-state index is 0.0850. The van der Waals surface area contributed by atoms with Crippen LogP contribution in [0.3, 0.4) is 0 Å². The Hall–Kier alpha value is -1.98. The molecule has 0 unspecified atom stereocenters. The first kappa shape index (κ1) is 16.9. The van der Waals surface area contributed by atoms with Crippen LogP contribution in [0.4, 0.5) is 0 Å². The molecule has 2 aromatic rings. The maximum Gasteiger partial charge on any atom is 0.308 e. The van der Waals surface area contributed by atoms with Crippen molar-refractivity contribution in [3.63, 3.8) is 0 Å². The van der Waals surface area contributed by atoms with Crippen molar-refractivity contribution in [2.75, 3.05) is 26.8 Å². The molecule has 0 saturated carbocycles. The molecule has 1 aliphatic rings. The molecule has 1 aliphatic heterocycles. The SMILES string of the molecule is COC(=O)C[C@@H]1CN([C@@H](C)Cc2ccc3ccccc3n2)CCO1. The lowest BCUT2D eigenvalue weighted by atomic mass is 10.1. The number of rotatable bonds is 5. The summed E-state index contributed by atoms with van der Waals surface area (Å²) in [5.74, 6) is -0.217. The van der Waals surface area contributed by atoms with E-state index < -0.39 is 0 Å². The van der Waals surface area contributed by atoms with Crippen LogP contribution in [0.2, 0.25) is 0 Å². The number of hydrogen-bond donors (Lipinski definition) is 0. The van der Waals surface area contributed by atoms with E-state index in [-0.39, 0.29) is 12.1 Å². The van der Waals surface area contributed by atoms with E-state index in [1.165, 1.54) is 12.5 Å². The van der Waals surface area contributed by atoms with E-state index in [9.17, 15) is 4.79 Å². The lowest BCUT2D eigenvalue weighted by Crippen LogP contribution is -2.48. The van der Waals surface area contributed by atoms with Crippen LogP contribution in [0.1, 0.15) is 19.0 Å². The maximum atomic E-state index is 11.4. The number of aromatic nitrogens is 1. The number of esters is 1. The molecule has 0 bridgehead atoms. The number of methoxy groups -OCH3 is 1. The number of carbonyl (C=O) groups excluding carboxylic acids is 1. The number of morpholine rings is 1. The monoisotopic (exact) mass is 328 g/mol. The standard InChI is InChI=1S/C19H24N2O3/c1-14(21-9-10-24-17(13-21)12-19(22)23-2)11-16-8-7-15-5-3-4-6-18(15)20-16/h3-8,14,17H,9-13H2,1-2H3/t14-,17+/m0/s1. The minimum Gasteiger partial charge on any atom is -0.469 e. The van der Waals surface area contributed by atoms with Gasteiger partial charge in [-0.2, -0.15) is 0 Å². The summed E-state index contributed by atoms with van der Waals surface area (Å²) in [5.41, 5.74) is 2.13. The smallest absolute Gasteiger partial charge is 0.308 e. The molecule has 5 heteroatoms. The van der Waals surface area contributed by atoms with Crippen LogP contribution in [-0.2, 0) is 20.7 Å². The molecule has 0 N–H and O–H groups in total. The third-order valence-corrected chi connectivity index (χ3v) is 4.58. The molecular formula is C19H24N2O3. The largest absolute Gasteiger partial charge is 0.469 e. The Bertz CT molecular complexity index is 704. The van der Waals surface area contributed by atoms with Crippen LogP contribution in [0.5, 0.6) is 0 Å². The van der Waals surface area contributed by atoms with Gasteiger partial charge in [-0.15, -0.1) is 0 Å². The van der Waals surface area contributed by atoms with Gasteiger partial charge in [-0.05, 0) is 19.1 Å². The van der Waals surface area contributed by atoms with Gasteiger partial charge in [0.2, 0.25) is 0 Å². The topological polar surface area (TPSA) is 51.7 Å². The number of fused-ring (bicyclic) bond motifs is 1. The van der Waals surface area contributed by atoms with Crippen molar-refractivity contribution in [3.05, 3.63) is 42.1 Å². The van der Waals surface area contributed by atoms with Gasteiger partial charge in [-0.1, -0.05) is 24.3 Å². The fourth-order valence-corrected chi connectivity index (χ4v) is 3.19. The van der Waals surface area contributed by atoms with Gasteiger partial charge in [0, 0.05) is 36.6 Å². The molecule has 2 heterocycles. The quantitative estimate of drug-likeness (QED) is 0.789. The fourth-order valence-electron chi connectivity index (χ4n) is 3.19. The van der Waals surface area contributed by atoms with Crippen molar-refractivity contribution in [2.24, 2.45) is 0 Å². The Morgan fingerprint density at radius 1 is 1.38 bits per heavy atom. The van der Waals surface area contributed by atoms with Gasteiger partial charge in [-0.3, -0.25) is 14.7 Å². The molecule has 0 radical (unpaired) electrons. The number of pyridine rings is 1. The van der Waals surface area contributed by atoms with Crippen molar-refractivity contribution >= 4 is 16.9 Å². The summed E-state index contributed by atoms with van der Waals surface area (Å²) in [7, 11) is 1.41. The van der Waals surface area contributed by atoms with Crippen molar-refractivity contribution in [1.29, 1.82) is 0 Å². The third kappa shape index (κ3) is 4.10. The van der Waals surface area contributed by atoms with Crippen molar-refractivity contribution in [3.8, 4) is 0 Å². The highest BCUT2D eigenvalue weighted by Crippen LogP contribution is 2.17. The van der Waals surface area contributed by atoms with E-state index in [1.807, 2.05) is 18.2 Å². The Morgan fingerprint density at radius 2 is 2.21 bits per heavy atom. The number of benzene rings is 1. The molecule has 128 valence electrons. The van der Waals surface area contributed by atoms with Gasteiger partial charge in [-0.25, -0.2) is 0 Å².